The van der Waals surface area contributed by atoms with E-state index in [1.165, 1.54) is 6.92 Å². The van der Waals surface area contributed by atoms with Gasteiger partial charge < -0.3 is 14.2 Å². The van der Waals surface area contributed by atoms with Crippen molar-refractivity contribution in [3.63, 3.8) is 0 Å². The minimum Gasteiger partial charge on any atom is -0.497 e. The molecule has 1 saturated heterocycles. The van der Waals surface area contributed by atoms with Crippen LogP contribution in [0.2, 0.25) is 0 Å². The number of ether oxygens (including phenoxy) is 3. The predicted octanol–water partition coefficient (Wildman–Crippen LogP) is 3.45. The Kier molecular flexibility index (Phi) is 6.37. The van der Waals surface area contributed by atoms with Gasteiger partial charge in [-0.3, -0.25) is 9.79 Å². The minimum absolute atomic E-state index is 0.0804. The molecule has 5 nitrogen and oxygen atoms in total. The number of hydrogen-bond donors (Lipinski definition) is 0. The van der Waals surface area contributed by atoms with Gasteiger partial charge >= 0.3 is 5.97 Å². The Labute approximate surface area is 144 Å². The summed E-state index contributed by atoms with van der Waals surface area (Å²) in [5.41, 5.74) is 0.967. The Balaban J connectivity index is 2.18. The van der Waals surface area contributed by atoms with E-state index in [4.69, 9.17) is 14.2 Å². The first-order valence-electron chi connectivity index (χ1n) is 8.46. The van der Waals surface area contributed by atoms with E-state index in [0.29, 0.717) is 5.92 Å². The van der Waals surface area contributed by atoms with Gasteiger partial charge in [-0.1, -0.05) is 20.8 Å². The summed E-state index contributed by atoms with van der Waals surface area (Å²) in [7, 11) is 1.64. The van der Waals surface area contributed by atoms with Crippen molar-refractivity contribution in [3.05, 3.63) is 29.8 Å². The van der Waals surface area contributed by atoms with E-state index in [0.717, 1.165) is 17.7 Å². The maximum absolute atomic E-state index is 11.4. The topological polar surface area (TPSA) is 57.1 Å². The Morgan fingerprint density at radius 1 is 1.25 bits per heavy atom. The fourth-order valence-corrected chi connectivity index (χ4v) is 3.07. The normalized spacial score (nSPS) is 30.3. The molecule has 1 heterocycles. The molecule has 24 heavy (non-hydrogen) atoms. The van der Waals surface area contributed by atoms with Gasteiger partial charge in [0.1, 0.15) is 11.8 Å². The monoisotopic (exact) mass is 333 g/mol. The third-order valence-electron chi connectivity index (χ3n) is 4.74. The van der Waals surface area contributed by atoms with Crippen LogP contribution in [0, 0.1) is 11.8 Å². The number of benzene rings is 1. The number of aliphatic imine (C=N–C) groups is 1. The zero-order valence-electron chi connectivity index (χ0n) is 15.1. The first-order valence-corrected chi connectivity index (χ1v) is 8.46. The fourth-order valence-electron chi connectivity index (χ4n) is 3.07. The van der Waals surface area contributed by atoms with E-state index < -0.39 is 6.29 Å². The van der Waals surface area contributed by atoms with Crippen LogP contribution in [0.15, 0.2) is 29.3 Å². The van der Waals surface area contributed by atoms with E-state index >= 15 is 0 Å². The summed E-state index contributed by atoms with van der Waals surface area (Å²) in [5, 5.41) is 0. The molecule has 0 radical (unpaired) electrons. The molecular formula is C19H27NO4. The number of esters is 1. The second kappa shape index (κ2) is 8.29. The molecule has 132 valence electrons. The van der Waals surface area contributed by atoms with Crippen LogP contribution in [0.5, 0.6) is 5.75 Å². The zero-order valence-corrected chi connectivity index (χ0v) is 15.1. The quantitative estimate of drug-likeness (QED) is 0.612. The summed E-state index contributed by atoms with van der Waals surface area (Å²) < 4.78 is 16.5. The van der Waals surface area contributed by atoms with Crippen LogP contribution in [0.3, 0.4) is 0 Å². The van der Waals surface area contributed by atoms with E-state index in [1.54, 1.807) is 13.3 Å². The van der Waals surface area contributed by atoms with Crippen molar-refractivity contribution in [3.8, 4) is 5.75 Å². The molecule has 5 atom stereocenters. The SMILES string of the molecule is CCC1O[C@@H](OC(C)=O)C(N=Cc2ccc(OC)cc2)[C@@H](C)[C@@H]1C. The summed E-state index contributed by atoms with van der Waals surface area (Å²) in [6.45, 7) is 7.79. The molecule has 0 amide bonds. The van der Waals surface area contributed by atoms with Gasteiger partial charge in [0.2, 0.25) is 6.29 Å². The average molecular weight is 333 g/mol. The average Bonchev–Trinajstić information content (AvgIpc) is 2.57. The van der Waals surface area contributed by atoms with E-state index in [9.17, 15) is 4.79 Å². The van der Waals surface area contributed by atoms with Crippen LogP contribution < -0.4 is 4.74 Å². The molecule has 0 N–H and O–H groups in total. The summed E-state index contributed by atoms with van der Waals surface area (Å²) in [6.07, 6.45) is 2.14. The van der Waals surface area contributed by atoms with Gasteiger partial charge in [0.05, 0.1) is 13.2 Å². The van der Waals surface area contributed by atoms with E-state index in [1.807, 2.05) is 24.3 Å². The van der Waals surface area contributed by atoms with Crippen LogP contribution in [-0.4, -0.2) is 37.7 Å². The van der Waals surface area contributed by atoms with Crippen LogP contribution in [0.1, 0.15) is 39.7 Å². The van der Waals surface area contributed by atoms with Crippen molar-refractivity contribution < 1.29 is 19.0 Å². The lowest BCUT2D eigenvalue weighted by Gasteiger charge is -2.42. The molecule has 0 bridgehead atoms. The largest absolute Gasteiger partial charge is 0.497 e. The maximum atomic E-state index is 11.4. The van der Waals surface area contributed by atoms with Crippen molar-refractivity contribution in [2.24, 2.45) is 16.8 Å². The van der Waals surface area contributed by atoms with Gasteiger partial charge in [0.25, 0.3) is 0 Å². The molecule has 0 aromatic heterocycles. The molecule has 1 aliphatic rings. The van der Waals surface area contributed by atoms with E-state index in [-0.39, 0.29) is 24.0 Å². The van der Waals surface area contributed by atoms with Gasteiger partial charge in [-0.15, -0.1) is 0 Å². The van der Waals surface area contributed by atoms with Gasteiger partial charge in [0, 0.05) is 13.1 Å². The Bertz CT molecular complexity index is 569. The third-order valence-corrected chi connectivity index (χ3v) is 4.74. The molecule has 1 aromatic rings. The van der Waals surface area contributed by atoms with Crippen LogP contribution in [0.25, 0.3) is 0 Å². The number of methoxy groups -OCH3 is 1. The molecule has 1 aromatic carbocycles. The van der Waals surface area contributed by atoms with Crippen molar-refractivity contribution in [2.45, 2.75) is 52.6 Å². The van der Waals surface area contributed by atoms with Gasteiger partial charge in [0.15, 0.2) is 0 Å². The predicted molar refractivity (Wildman–Crippen MR) is 93.4 cm³/mol. The lowest BCUT2D eigenvalue weighted by molar-refractivity contribution is -0.226. The Morgan fingerprint density at radius 2 is 1.92 bits per heavy atom. The van der Waals surface area contributed by atoms with Crippen LogP contribution in [0.4, 0.5) is 0 Å². The molecule has 2 rings (SSSR count). The molecule has 1 fully saturated rings. The number of rotatable bonds is 5. The number of hydrogen-bond acceptors (Lipinski definition) is 5. The van der Waals surface area contributed by atoms with Crippen LogP contribution in [-0.2, 0) is 14.3 Å². The van der Waals surface area contributed by atoms with Crippen molar-refractivity contribution in [2.75, 3.05) is 7.11 Å². The fraction of sp³-hybridized carbons (Fsp3) is 0.579. The summed E-state index contributed by atoms with van der Waals surface area (Å²) in [5.74, 6) is 1.06. The number of carbonyl (C=O) groups excluding carboxylic acids is 1. The second-order valence-corrected chi connectivity index (χ2v) is 6.32. The van der Waals surface area contributed by atoms with Gasteiger partial charge in [-0.2, -0.15) is 0 Å². The first kappa shape index (κ1) is 18.5. The molecule has 5 heteroatoms. The second-order valence-electron chi connectivity index (χ2n) is 6.32. The first-order chi connectivity index (χ1) is 11.5. The number of carbonyl (C=O) groups is 1. The summed E-state index contributed by atoms with van der Waals surface area (Å²) in [4.78, 5) is 16.1. The molecule has 0 spiro atoms. The number of nitrogens with zero attached hydrogens (tertiary/aromatic N) is 1. The molecule has 0 saturated carbocycles. The molecule has 1 aliphatic heterocycles. The highest BCUT2D eigenvalue weighted by atomic mass is 16.7. The van der Waals surface area contributed by atoms with Crippen molar-refractivity contribution in [1.29, 1.82) is 0 Å². The lowest BCUT2D eigenvalue weighted by atomic mass is 9.81. The van der Waals surface area contributed by atoms with E-state index in [2.05, 4.69) is 25.8 Å². The highest BCUT2D eigenvalue weighted by molar-refractivity contribution is 5.80. The lowest BCUT2D eigenvalue weighted by Crippen LogP contribution is -2.49. The Morgan fingerprint density at radius 3 is 2.46 bits per heavy atom. The highest BCUT2D eigenvalue weighted by Gasteiger charge is 2.42. The minimum atomic E-state index is -0.631. The maximum Gasteiger partial charge on any atom is 0.305 e. The molecule has 2 unspecified atom stereocenters. The van der Waals surface area contributed by atoms with Gasteiger partial charge in [-0.25, -0.2) is 0 Å². The van der Waals surface area contributed by atoms with Gasteiger partial charge in [-0.05, 0) is 48.1 Å². The smallest absolute Gasteiger partial charge is 0.305 e. The highest BCUT2D eigenvalue weighted by Crippen LogP contribution is 2.34. The molecular weight excluding hydrogens is 306 g/mol. The van der Waals surface area contributed by atoms with Crippen LogP contribution >= 0.6 is 0 Å². The van der Waals surface area contributed by atoms with Crippen molar-refractivity contribution >= 4 is 12.2 Å². The summed E-state index contributed by atoms with van der Waals surface area (Å²) >= 11 is 0. The standard InChI is InChI=1S/C19H27NO4/c1-6-17-12(2)13(3)18(19(24-17)23-14(4)21)20-11-15-7-9-16(22-5)10-8-15/h7-13,17-19H,6H2,1-5H3/t12-,13-,17?,18?,19+/m0/s1. The third kappa shape index (κ3) is 4.35. The summed E-state index contributed by atoms with van der Waals surface area (Å²) in [6, 6.07) is 7.45. The molecule has 0 aliphatic carbocycles. The van der Waals surface area contributed by atoms with Crippen molar-refractivity contribution in [1.82, 2.24) is 0 Å². The zero-order chi connectivity index (χ0) is 17.7. The Hall–Kier alpha value is -1.88.